The number of aliphatic carboxylic acids is 1. The average molecular weight is 571 g/mol. The van der Waals surface area contributed by atoms with Crippen molar-refractivity contribution in [2.45, 2.75) is 83.5 Å². The number of halogens is 1. The normalized spacial score (nSPS) is 17.7. The summed E-state index contributed by atoms with van der Waals surface area (Å²) in [5, 5.41) is 23.2. The van der Waals surface area contributed by atoms with Crippen LogP contribution in [0.1, 0.15) is 80.8 Å². The van der Waals surface area contributed by atoms with E-state index >= 15 is 4.39 Å². The number of carboxylic acids is 1. The molecule has 9 heteroatoms. The fourth-order valence-electron chi connectivity index (χ4n) is 6.08. The summed E-state index contributed by atoms with van der Waals surface area (Å²) in [7, 11) is 0. The Bertz CT molecular complexity index is 1680. The second-order valence-electron chi connectivity index (χ2n) is 10.9. The summed E-state index contributed by atoms with van der Waals surface area (Å²) in [6, 6.07) is 17.3. The maximum Gasteiger partial charge on any atom is 0.332 e. The van der Waals surface area contributed by atoms with Gasteiger partial charge in [-0.15, -0.1) is 0 Å². The molecule has 4 aromatic rings. The quantitative estimate of drug-likeness (QED) is 0.247. The zero-order chi connectivity index (χ0) is 29.8. The van der Waals surface area contributed by atoms with E-state index in [1.54, 1.807) is 22.1 Å². The van der Waals surface area contributed by atoms with Crippen molar-refractivity contribution >= 4 is 11.6 Å². The minimum atomic E-state index is -0.975. The Labute approximate surface area is 244 Å². The molecule has 2 heterocycles. The Morgan fingerprint density at radius 3 is 2.50 bits per heavy atom. The number of fused-ring (bicyclic) bond motifs is 1. The zero-order valence-electron chi connectivity index (χ0n) is 23.9. The summed E-state index contributed by atoms with van der Waals surface area (Å²) in [4.78, 5) is 25.7. The highest BCUT2D eigenvalue weighted by atomic mass is 19.1. The lowest BCUT2D eigenvalue weighted by Crippen LogP contribution is -2.36. The van der Waals surface area contributed by atoms with Crippen LogP contribution in [0, 0.1) is 17.1 Å². The average Bonchev–Trinajstić information content (AvgIpc) is 3.39. The number of nitriles is 1. The lowest BCUT2D eigenvalue weighted by Gasteiger charge is -2.32. The molecule has 0 amide bonds. The first-order valence-electron chi connectivity index (χ1n) is 14.6. The van der Waals surface area contributed by atoms with Crippen molar-refractivity contribution in [2.75, 3.05) is 0 Å². The smallest absolute Gasteiger partial charge is 0.332 e. The second kappa shape index (κ2) is 12.7. The van der Waals surface area contributed by atoms with E-state index in [4.69, 9.17) is 4.74 Å². The van der Waals surface area contributed by atoms with Gasteiger partial charge in [0.25, 0.3) is 5.56 Å². The molecular weight excluding hydrogens is 535 g/mol. The molecule has 0 spiro atoms. The Balaban J connectivity index is 1.49. The van der Waals surface area contributed by atoms with Crippen molar-refractivity contribution < 1.29 is 19.0 Å². The Hall–Kier alpha value is -4.29. The fraction of sp³-hybridized carbons (Fsp3) is 0.394. The van der Waals surface area contributed by atoms with Crippen molar-refractivity contribution in [1.82, 2.24) is 14.2 Å². The van der Waals surface area contributed by atoms with Gasteiger partial charge in [-0.2, -0.15) is 10.4 Å². The maximum absolute atomic E-state index is 15.2. The summed E-state index contributed by atoms with van der Waals surface area (Å²) >= 11 is 0. The van der Waals surface area contributed by atoms with E-state index in [0.717, 1.165) is 23.1 Å². The van der Waals surface area contributed by atoms with Gasteiger partial charge in [0.2, 0.25) is 0 Å². The van der Waals surface area contributed by atoms with Gasteiger partial charge in [-0.25, -0.2) is 13.7 Å². The van der Waals surface area contributed by atoms with Crippen LogP contribution in [-0.2, 0) is 22.4 Å². The van der Waals surface area contributed by atoms with Crippen LogP contribution in [-0.4, -0.2) is 37.5 Å². The predicted molar refractivity (Wildman–Crippen MR) is 157 cm³/mol. The molecule has 1 unspecified atom stereocenters. The SMILES string of the molecule is CCCc1c(Cc2ccc(-c3ccccc3C#N)cc2)c(=O)n(C2CCC(OC(CC)C(=O)O)CC2)c2c(F)cnn12. The van der Waals surface area contributed by atoms with Crippen LogP contribution in [0.2, 0.25) is 0 Å². The van der Waals surface area contributed by atoms with E-state index in [1.165, 1.54) is 6.20 Å². The van der Waals surface area contributed by atoms with Crippen LogP contribution < -0.4 is 5.56 Å². The van der Waals surface area contributed by atoms with Crippen LogP contribution in [0.15, 0.2) is 59.5 Å². The van der Waals surface area contributed by atoms with Crippen LogP contribution in [0.3, 0.4) is 0 Å². The predicted octanol–water partition coefficient (Wildman–Crippen LogP) is 6.08. The van der Waals surface area contributed by atoms with Crippen molar-refractivity contribution in [2.24, 2.45) is 0 Å². The minimum absolute atomic E-state index is 0.178. The van der Waals surface area contributed by atoms with E-state index in [1.807, 2.05) is 49.4 Å². The van der Waals surface area contributed by atoms with Crippen molar-refractivity contribution in [3.8, 4) is 17.2 Å². The van der Waals surface area contributed by atoms with Gasteiger partial charge in [-0.3, -0.25) is 9.36 Å². The number of rotatable bonds is 10. The van der Waals surface area contributed by atoms with Crippen LogP contribution >= 0.6 is 0 Å². The first kappa shape index (κ1) is 29.2. The summed E-state index contributed by atoms with van der Waals surface area (Å²) in [5.74, 6) is -1.51. The van der Waals surface area contributed by atoms with E-state index < -0.39 is 17.9 Å². The Morgan fingerprint density at radius 2 is 1.86 bits per heavy atom. The van der Waals surface area contributed by atoms with Crippen LogP contribution in [0.4, 0.5) is 4.39 Å². The minimum Gasteiger partial charge on any atom is -0.479 e. The zero-order valence-corrected chi connectivity index (χ0v) is 23.9. The Kier molecular flexibility index (Phi) is 8.83. The van der Waals surface area contributed by atoms with Gasteiger partial charge in [-0.1, -0.05) is 62.7 Å². The highest BCUT2D eigenvalue weighted by Crippen LogP contribution is 2.33. The standard InChI is InChI=1S/C33H35FN4O4/c1-3-7-29-27(18-21-10-12-22(13-11-21)26-9-6-5-8-23(26)19-35)32(39)37(31-28(34)20-36-38(29)31)24-14-16-25(17-15-24)42-30(4-2)33(40)41/h5-6,8-13,20,24-25,30H,3-4,7,14-18H2,1-2H3,(H,40,41). The molecule has 5 rings (SSSR count). The first-order valence-corrected chi connectivity index (χ1v) is 14.6. The van der Waals surface area contributed by atoms with Crippen molar-refractivity contribution in [3.05, 3.63) is 93.3 Å². The molecule has 1 saturated carbocycles. The van der Waals surface area contributed by atoms with Gasteiger partial charge in [-0.05, 0) is 61.3 Å². The molecular formula is C33H35FN4O4. The molecule has 1 atom stereocenters. The molecule has 8 nitrogen and oxygen atoms in total. The van der Waals surface area contributed by atoms with Gasteiger partial charge in [0.15, 0.2) is 17.6 Å². The number of carbonyl (C=O) groups is 1. The molecule has 1 fully saturated rings. The number of benzene rings is 2. The number of nitrogens with zero attached hydrogens (tertiary/aromatic N) is 4. The molecule has 1 aliphatic rings. The summed E-state index contributed by atoms with van der Waals surface area (Å²) < 4.78 is 24.2. The number of carboxylic acid groups (broad SMARTS) is 1. The summed E-state index contributed by atoms with van der Waals surface area (Å²) in [5.41, 5.74) is 4.55. The Morgan fingerprint density at radius 1 is 1.14 bits per heavy atom. The van der Waals surface area contributed by atoms with Crippen LogP contribution in [0.5, 0.6) is 0 Å². The van der Waals surface area contributed by atoms with Crippen molar-refractivity contribution in [3.63, 3.8) is 0 Å². The van der Waals surface area contributed by atoms with Gasteiger partial charge >= 0.3 is 5.97 Å². The highest BCUT2D eigenvalue weighted by molar-refractivity contribution is 5.72. The van der Waals surface area contributed by atoms with E-state index in [2.05, 4.69) is 11.2 Å². The highest BCUT2D eigenvalue weighted by Gasteiger charge is 2.31. The molecule has 0 radical (unpaired) electrons. The third kappa shape index (κ3) is 5.72. The lowest BCUT2D eigenvalue weighted by atomic mass is 9.92. The van der Waals surface area contributed by atoms with E-state index in [-0.39, 0.29) is 23.4 Å². The molecule has 42 heavy (non-hydrogen) atoms. The number of hydrogen-bond donors (Lipinski definition) is 1. The largest absolute Gasteiger partial charge is 0.479 e. The monoisotopic (exact) mass is 570 g/mol. The van der Waals surface area contributed by atoms with Gasteiger partial charge < -0.3 is 9.84 Å². The molecule has 0 saturated heterocycles. The number of ether oxygens (including phenoxy) is 1. The fourth-order valence-corrected chi connectivity index (χ4v) is 6.08. The van der Waals surface area contributed by atoms with Crippen molar-refractivity contribution in [1.29, 1.82) is 5.26 Å². The molecule has 2 aromatic heterocycles. The molecule has 0 bridgehead atoms. The van der Waals surface area contributed by atoms with Gasteiger partial charge in [0, 0.05) is 18.0 Å². The summed E-state index contributed by atoms with van der Waals surface area (Å²) in [6.07, 6.45) is 4.49. The molecule has 0 aliphatic heterocycles. The first-order chi connectivity index (χ1) is 20.4. The molecule has 218 valence electrons. The molecule has 1 aliphatic carbocycles. The topological polar surface area (TPSA) is 110 Å². The van der Waals surface area contributed by atoms with E-state index in [9.17, 15) is 20.0 Å². The van der Waals surface area contributed by atoms with Gasteiger partial charge in [0.1, 0.15) is 0 Å². The molecule has 1 N–H and O–H groups in total. The summed E-state index contributed by atoms with van der Waals surface area (Å²) in [6.45, 7) is 3.80. The van der Waals surface area contributed by atoms with Gasteiger partial charge in [0.05, 0.1) is 29.6 Å². The maximum atomic E-state index is 15.2. The third-order valence-corrected chi connectivity index (χ3v) is 8.20. The number of aromatic nitrogens is 3. The van der Waals surface area contributed by atoms with Crippen LogP contribution in [0.25, 0.3) is 16.8 Å². The lowest BCUT2D eigenvalue weighted by molar-refractivity contribution is -0.156. The molecule has 2 aromatic carbocycles. The number of aryl methyl sites for hydroxylation is 1. The number of hydrogen-bond acceptors (Lipinski definition) is 5. The third-order valence-electron chi connectivity index (χ3n) is 8.20. The van der Waals surface area contributed by atoms with E-state index in [0.29, 0.717) is 61.8 Å². The second-order valence-corrected chi connectivity index (χ2v) is 10.9.